The van der Waals surface area contributed by atoms with Crippen LogP contribution in [0.5, 0.6) is 5.88 Å². The molecule has 1 atom stereocenters. The van der Waals surface area contributed by atoms with E-state index < -0.39 is 0 Å². The number of rotatable bonds is 3. The minimum Gasteiger partial charge on any atom is -0.492 e. The van der Waals surface area contributed by atoms with Gasteiger partial charge in [-0.05, 0) is 13.0 Å². The first-order valence-electron chi connectivity index (χ1n) is 7.76. The fourth-order valence-corrected chi connectivity index (χ4v) is 4.22. The van der Waals surface area contributed by atoms with E-state index in [9.17, 15) is 9.50 Å². The molecule has 2 aromatic heterocycles. The third-order valence-corrected chi connectivity index (χ3v) is 5.24. The lowest BCUT2D eigenvalue weighted by molar-refractivity contribution is 0.0235. The third-order valence-electron chi connectivity index (χ3n) is 4.16. The second kappa shape index (κ2) is 6.12. The van der Waals surface area contributed by atoms with Gasteiger partial charge in [-0.3, -0.25) is 4.90 Å². The number of aryl methyl sites for hydroxylation is 1. The molecule has 0 bridgehead atoms. The second-order valence-electron chi connectivity index (χ2n) is 5.72. The molecule has 0 amide bonds. The standard InChI is InChI=1S/C16H17FN4O2S/c1-10-18-16-21(19-10)15(22)14(24-16)13(20-6-8-23-9-7-20)11-4-2-3-5-12(11)17/h2-5,13,22H,6-9H2,1H3/t13-/m1/s1. The predicted octanol–water partition coefficient (Wildman–Crippen LogP) is 2.37. The average Bonchev–Trinajstić information content (AvgIpc) is 3.09. The Kier molecular flexibility index (Phi) is 3.95. The predicted molar refractivity (Wildman–Crippen MR) is 87.9 cm³/mol. The summed E-state index contributed by atoms with van der Waals surface area (Å²) in [6, 6.07) is 6.30. The van der Waals surface area contributed by atoms with Crippen molar-refractivity contribution in [2.24, 2.45) is 0 Å². The molecule has 0 saturated carbocycles. The summed E-state index contributed by atoms with van der Waals surface area (Å²) in [6.45, 7) is 4.29. The Hall–Kier alpha value is -2.03. The van der Waals surface area contributed by atoms with Crippen molar-refractivity contribution in [3.63, 3.8) is 0 Å². The summed E-state index contributed by atoms with van der Waals surface area (Å²) in [5.74, 6) is 0.329. The lowest BCUT2D eigenvalue weighted by Crippen LogP contribution is -2.39. The van der Waals surface area contributed by atoms with Gasteiger partial charge in [-0.25, -0.2) is 9.37 Å². The summed E-state index contributed by atoms with van der Waals surface area (Å²) in [7, 11) is 0. The van der Waals surface area contributed by atoms with Gasteiger partial charge in [-0.15, -0.1) is 5.10 Å². The second-order valence-corrected chi connectivity index (χ2v) is 6.72. The summed E-state index contributed by atoms with van der Waals surface area (Å²) in [6.07, 6.45) is 0. The fourth-order valence-electron chi connectivity index (χ4n) is 3.06. The number of benzene rings is 1. The maximum atomic E-state index is 14.5. The van der Waals surface area contributed by atoms with Gasteiger partial charge < -0.3 is 9.84 Å². The van der Waals surface area contributed by atoms with Crippen LogP contribution in [0.3, 0.4) is 0 Å². The summed E-state index contributed by atoms with van der Waals surface area (Å²) in [5, 5.41) is 14.9. The first kappa shape index (κ1) is 15.5. The van der Waals surface area contributed by atoms with Crippen LogP contribution >= 0.6 is 11.3 Å². The number of morpholine rings is 1. The van der Waals surface area contributed by atoms with Crippen molar-refractivity contribution in [1.82, 2.24) is 19.5 Å². The van der Waals surface area contributed by atoms with E-state index in [1.165, 1.54) is 21.9 Å². The Morgan fingerprint density at radius 1 is 1.29 bits per heavy atom. The van der Waals surface area contributed by atoms with Crippen LogP contribution in [0.2, 0.25) is 0 Å². The van der Waals surface area contributed by atoms with E-state index in [4.69, 9.17) is 4.74 Å². The fraction of sp³-hybridized carbons (Fsp3) is 0.375. The van der Waals surface area contributed by atoms with E-state index in [1.807, 2.05) is 6.07 Å². The molecule has 0 unspecified atom stereocenters. The molecular weight excluding hydrogens is 331 g/mol. The lowest BCUT2D eigenvalue weighted by atomic mass is 10.0. The summed E-state index contributed by atoms with van der Waals surface area (Å²) in [4.78, 5) is 7.69. The van der Waals surface area contributed by atoms with E-state index >= 15 is 0 Å². The summed E-state index contributed by atoms with van der Waals surface area (Å²) < 4.78 is 21.3. The van der Waals surface area contributed by atoms with Crippen molar-refractivity contribution in [3.05, 3.63) is 46.3 Å². The van der Waals surface area contributed by atoms with Gasteiger partial charge in [-0.2, -0.15) is 4.52 Å². The number of aromatic hydroxyl groups is 1. The number of hydrogen-bond donors (Lipinski definition) is 1. The Labute approximate surface area is 142 Å². The van der Waals surface area contributed by atoms with Gasteiger partial charge in [-0.1, -0.05) is 29.5 Å². The maximum absolute atomic E-state index is 14.5. The van der Waals surface area contributed by atoms with Crippen molar-refractivity contribution in [3.8, 4) is 5.88 Å². The molecule has 1 fully saturated rings. The Bertz CT molecular complexity index is 872. The monoisotopic (exact) mass is 348 g/mol. The van der Waals surface area contributed by atoms with Crippen LogP contribution < -0.4 is 0 Å². The van der Waals surface area contributed by atoms with Crippen LogP contribution in [0.1, 0.15) is 22.3 Å². The molecule has 0 radical (unpaired) electrons. The van der Waals surface area contributed by atoms with Gasteiger partial charge in [0.25, 0.3) is 0 Å². The molecule has 1 aliphatic heterocycles. The zero-order valence-electron chi connectivity index (χ0n) is 13.1. The molecule has 1 N–H and O–H groups in total. The van der Waals surface area contributed by atoms with E-state index in [0.717, 1.165) is 0 Å². The molecule has 126 valence electrons. The quantitative estimate of drug-likeness (QED) is 0.787. The van der Waals surface area contributed by atoms with Gasteiger partial charge in [0.2, 0.25) is 10.8 Å². The average molecular weight is 348 g/mol. The number of nitrogens with zero attached hydrogens (tertiary/aromatic N) is 4. The topological polar surface area (TPSA) is 62.9 Å². The number of fused-ring (bicyclic) bond motifs is 1. The van der Waals surface area contributed by atoms with E-state index in [2.05, 4.69) is 15.0 Å². The number of ether oxygens (including phenoxy) is 1. The largest absolute Gasteiger partial charge is 0.492 e. The lowest BCUT2D eigenvalue weighted by Gasteiger charge is -2.34. The van der Waals surface area contributed by atoms with Gasteiger partial charge >= 0.3 is 0 Å². The first-order valence-corrected chi connectivity index (χ1v) is 8.58. The molecule has 8 heteroatoms. The third kappa shape index (κ3) is 2.56. The van der Waals surface area contributed by atoms with E-state index in [-0.39, 0.29) is 17.7 Å². The number of aromatic nitrogens is 3. The van der Waals surface area contributed by atoms with E-state index in [1.54, 1.807) is 19.1 Å². The maximum Gasteiger partial charge on any atom is 0.230 e. The Morgan fingerprint density at radius 3 is 2.75 bits per heavy atom. The SMILES string of the molecule is Cc1nc2sc([C@@H](c3ccccc3F)N3CCOCC3)c(O)n2n1. The Balaban J connectivity index is 1.86. The minimum absolute atomic E-state index is 0.0235. The first-order chi connectivity index (χ1) is 11.6. The van der Waals surface area contributed by atoms with Gasteiger partial charge in [0, 0.05) is 18.7 Å². The molecule has 0 aliphatic carbocycles. The summed E-state index contributed by atoms with van der Waals surface area (Å²) in [5.41, 5.74) is 0.538. The van der Waals surface area contributed by atoms with Crippen LogP contribution in [0, 0.1) is 12.7 Å². The van der Waals surface area contributed by atoms with Crippen molar-refractivity contribution in [2.45, 2.75) is 13.0 Å². The molecule has 6 nitrogen and oxygen atoms in total. The van der Waals surface area contributed by atoms with Gasteiger partial charge in [0.05, 0.1) is 24.1 Å². The molecule has 4 rings (SSSR count). The molecule has 1 saturated heterocycles. The van der Waals surface area contributed by atoms with E-state index in [0.29, 0.717) is 47.5 Å². The van der Waals surface area contributed by atoms with Crippen LogP contribution in [-0.2, 0) is 4.74 Å². The molecule has 24 heavy (non-hydrogen) atoms. The molecule has 1 aromatic carbocycles. The van der Waals surface area contributed by atoms with Crippen molar-refractivity contribution >= 4 is 16.3 Å². The highest BCUT2D eigenvalue weighted by molar-refractivity contribution is 7.17. The van der Waals surface area contributed by atoms with Crippen LogP contribution in [0.15, 0.2) is 24.3 Å². The molecule has 3 aromatic rings. The highest BCUT2D eigenvalue weighted by atomic mass is 32.1. The number of hydrogen-bond acceptors (Lipinski definition) is 6. The number of halogens is 1. The highest BCUT2D eigenvalue weighted by Crippen LogP contribution is 2.40. The molecular formula is C16H17FN4O2S. The van der Waals surface area contributed by atoms with Crippen LogP contribution in [-0.4, -0.2) is 50.9 Å². The van der Waals surface area contributed by atoms with Crippen molar-refractivity contribution in [1.29, 1.82) is 0 Å². The zero-order chi connectivity index (χ0) is 16.7. The number of thiazole rings is 1. The normalized spacial score (nSPS) is 17.4. The molecule has 1 aliphatic rings. The Morgan fingerprint density at radius 2 is 2.04 bits per heavy atom. The van der Waals surface area contributed by atoms with Gasteiger partial charge in [0.1, 0.15) is 11.6 Å². The summed E-state index contributed by atoms with van der Waals surface area (Å²) >= 11 is 1.34. The smallest absolute Gasteiger partial charge is 0.230 e. The zero-order valence-corrected chi connectivity index (χ0v) is 14.0. The van der Waals surface area contributed by atoms with Crippen LogP contribution in [0.4, 0.5) is 4.39 Å². The van der Waals surface area contributed by atoms with Crippen LogP contribution in [0.25, 0.3) is 4.96 Å². The van der Waals surface area contributed by atoms with Crippen molar-refractivity contribution < 1.29 is 14.2 Å². The molecule has 0 spiro atoms. The van der Waals surface area contributed by atoms with Crippen molar-refractivity contribution in [2.75, 3.05) is 26.3 Å². The van der Waals surface area contributed by atoms with Gasteiger partial charge in [0.15, 0.2) is 0 Å². The minimum atomic E-state index is -0.385. The highest BCUT2D eigenvalue weighted by Gasteiger charge is 2.32. The molecule has 3 heterocycles.